The van der Waals surface area contributed by atoms with E-state index in [1.54, 1.807) is 13.2 Å². The van der Waals surface area contributed by atoms with Gasteiger partial charge in [0.2, 0.25) is 15.9 Å². The van der Waals surface area contributed by atoms with Crippen LogP contribution in [0.5, 0.6) is 5.75 Å². The lowest BCUT2D eigenvalue weighted by atomic mass is 9.87. The fourth-order valence-corrected chi connectivity index (χ4v) is 4.82. The number of aryl methyl sites for hydroxylation is 3. The number of carbonyl (C=O) groups is 1. The van der Waals surface area contributed by atoms with Crippen LogP contribution in [-0.2, 0) is 21.2 Å². The van der Waals surface area contributed by atoms with Crippen LogP contribution in [0.15, 0.2) is 36.4 Å². The standard InChI is InChI=1S/C22H28N2O4S/c1-15-8-11-21(16(2)12-15)24(29(4,26)27)14-22(25)23-20-7-5-6-17-13-18(28-3)9-10-19(17)20/h8-13,20H,5-7,14H2,1-4H3,(H,23,25). The van der Waals surface area contributed by atoms with Crippen molar-refractivity contribution >= 4 is 21.6 Å². The molecular formula is C22H28N2O4S. The van der Waals surface area contributed by atoms with Crippen LogP contribution < -0.4 is 14.4 Å². The number of methoxy groups -OCH3 is 1. The van der Waals surface area contributed by atoms with Crippen LogP contribution in [0.3, 0.4) is 0 Å². The number of ether oxygens (including phenoxy) is 1. The van der Waals surface area contributed by atoms with Crippen LogP contribution in [0.25, 0.3) is 0 Å². The van der Waals surface area contributed by atoms with Crippen LogP contribution in [-0.4, -0.2) is 34.2 Å². The molecule has 1 aliphatic rings. The average molecular weight is 417 g/mol. The molecule has 7 heteroatoms. The van der Waals surface area contributed by atoms with Crippen LogP contribution in [0.4, 0.5) is 5.69 Å². The highest BCUT2D eigenvalue weighted by molar-refractivity contribution is 7.92. The van der Waals surface area contributed by atoms with Gasteiger partial charge in [-0.15, -0.1) is 0 Å². The van der Waals surface area contributed by atoms with Gasteiger partial charge in [-0.3, -0.25) is 9.10 Å². The second-order valence-corrected chi connectivity index (χ2v) is 9.54. The molecule has 1 amide bonds. The quantitative estimate of drug-likeness (QED) is 0.784. The van der Waals surface area contributed by atoms with Crippen LogP contribution >= 0.6 is 0 Å². The molecule has 0 saturated carbocycles. The number of nitrogens with zero attached hydrogens (tertiary/aromatic N) is 1. The van der Waals surface area contributed by atoms with Crippen LogP contribution in [0, 0.1) is 13.8 Å². The molecule has 0 spiro atoms. The van der Waals surface area contributed by atoms with Gasteiger partial charge >= 0.3 is 0 Å². The Labute approximate surface area is 172 Å². The Hall–Kier alpha value is -2.54. The van der Waals surface area contributed by atoms with Crippen molar-refractivity contribution < 1.29 is 17.9 Å². The summed E-state index contributed by atoms with van der Waals surface area (Å²) in [6, 6.07) is 11.3. The van der Waals surface area contributed by atoms with Crippen molar-refractivity contribution in [3.63, 3.8) is 0 Å². The van der Waals surface area contributed by atoms with Crippen molar-refractivity contribution in [3.8, 4) is 5.75 Å². The molecule has 156 valence electrons. The van der Waals surface area contributed by atoms with Gasteiger partial charge in [0.25, 0.3) is 0 Å². The minimum absolute atomic E-state index is 0.127. The second-order valence-electron chi connectivity index (χ2n) is 7.64. The highest BCUT2D eigenvalue weighted by atomic mass is 32.2. The van der Waals surface area contributed by atoms with E-state index in [0.717, 1.165) is 53.5 Å². The Morgan fingerprint density at radius 2 is 1.97 bits per heavy atom. The molecular weight excluding hydrogens is 388 g/mol. The number of amides is 1. The lowest BCUT2D eigenvalue weighted by Gasteiger charge is -2.29. The predicted octanol–water partition coefficient (Wildman–Crippen LogP) is 3.27. The number of nitrogens with one attached hydrogen (secondary N) is 1. The summed E-state index contributed by atoms with van der Waals surface area (Å²) in [7, 11) is -1.97. The first-order valence-corrected chi connectivity index (χ1v) is 11.5. The number of anilines is 1. The normalized spacial score (nSPS) is 16.1. The van der Waals surface area contributed by atoms with E-state index < -0.39 is 10.0 Å². The Morgan fingerprint density at radius 3 is 2.62 bits per heavy atom. The van der Waals surface area contributed by atoms with Gasteiger partial charge < -0.3 is 10.1 Å². The molecule has 2 aromatic carbocycles. The number of hydrogen-bond donors (Lipinski definition) is 1. The van der Waals surface area contributed by atoms with Crippen molar-refractivity contribution in [3.05, 3.63) is 58.7 Å². The minimum atomic E-state index is -3.60. The third-order valence-electron chi connectivity index (χ3n) is 5.31. The SMILES string of the molecule is COc1ccc2c(c1)CCCC2NC(=O)CN(c1ccc(C)cc1C)S(C)(=O)=O. The van der Waals surface area contributed by atoms with E-state index >= 15 is 0 Å². The Morgan fingerprint density at radius 1 is 1.21 bits per heavy atom. The molecule has 0 heterocycles. The van der Waals surface area contributed by atoms with Gasteiger partial charge in [0.15, 0.2) is 0 Å². The van der Waals surface area contributed by atoms with Gasteiger partial charge in [-0.2, -0.15) is 0 Å². The monoisotopic (exact) mass is 416 g/mol. The number of sulfonamides is 1. The Balaban J connectivity index is 1.80. The van der Waals surface area contributed by atoms with E-state index in [4.69, 9.17) is 4.74 Å². The number of rotatable bonds is 6. The molecule has 0 saturated heterocycles. The second kappa shape index (κ2) is 8.45. The van der Waals surface area contributed by atoms with Crippen molar-refractivity contribution in [1.82, 2.24) is 5.32 Å². The summed E-state index contributed by atoms with van der Waals surface area (Å²) in [6.45, 7) is 3.55. The van der Waals surface area contributed by atoms with Crippen molar-refractivity contribution in [2.75, 3.05) is 24.2 Å². The largest absolute Gasteiger partial charge is 0.497 e. The van der Waals surface area contributed by atoms with Crippen molar-refractivity contribution in [1.29, 1.82) is 0 Å². The average Bonchev–Trinajstić information content (AvgIpc) is 2.65. The lowest BCUT2D eigenvalue weighted by Crippen LogP contribution is -2.42. The van der Waals surface area contributed by atoms with Crippen LogP contribution in [0.1, 0.15) is 41.1 Å². The zero-order chi connectivity index (χ0) is 21.2. The highest BCUT2D eigenvalue weighted by Gasteiger charge is 2.26. The first-order valence-electron chi connectivity index (χ1n) is 9.70. The Kier molecular flexibility index (Phi) is 6.17. The maximum atomic E-state index is 12.8. The topological polar surface area (TPSA) is 75.7 Å². The Bertz CT molecular complexity index is 1020. The summed E-state index contributed by atoms with van der Waals surface area (Å²) in [5.41, 5.74) is 4.62. The van der Waals surface area contributed by atoms with Gasteiger partial charge in [0.05, 0.1) is 25.1 Å². The third kappa shape index (κ3) is 4.90. The van der Waals surface area contributed by atoms with Gasteiger partial charge in [0.1, 0.15) is 12.3 Å². The van der Waals surface area contributed by atoms with E-state index in [1.807, 2.05) is 44.2 Å². The van der Waals surface area contributed by atoms with E-state index in [2.05, 4.69) is 5.32 Å². The van der Waals surface area contributed by atoms with E-state index in [-0.39, 0.29) is 18.5 Å². The first-order chi connectivity index (χ1) is 13.7. The van der Waals surface area contributed by atoms with E-state index in [9.17, 15) is 13.2 Å². The summed E-state index contributed by atoms with van der Waals surface area (Å²) in [6.07, 6.45) is 3.85. The molecule has 6 nitrogen and oxygen atoms in total. The van der Waals surface area contributed by atoms with E-state index in [0.29, 0.717) is 5.69 Å². The number of hydrogen-bond acceptors (Lipinski definition) is 4. The summed E-state index contributed by atoms with van der Waals surface area (Å²) in [4.78, 5) is 12.8. The number of fused-ring (bicyclic) bond motifs is 1. The fourth-order valence-electron chi connectivity index (χ4n) is 3.90. The van der Waals surface area contributed by atoms with Crippen molar-refractivity contribution in [2.24, 2.45) is 0 Å². The molecule has 1 aliphatic carbocycles. The minimum Gasteiger partial charge on any atom is -0.497 e. The molecule has 1 N–H and O–H groups in total. The molecule has 1 atom stereocenters. The van der Waals surface area contributed by atoms with Gasteiger partial charge in [-0.25, -0.2) is 8.42 Å². The maximum Gasteiger partial charge on any atom is 0.241 e. The molecule has 3 rings (SSSR count). The smallest absolute Gasteiger partial charge is 0.241 e. The summed E-state index contributed by atoms with van der Waals surface area (Å²) < 4.78 is 31.3. The molecule has 29 heavy (non-hydrogen) atoms. The molecule has 0 aliphatic heterocycles. The molecule has 0 fully saturated rings. The number of benzene rings is 2. The first kappa shape index (κ1) is 21.2. The third-order valence-corrected chi connectivity index (χ3v) is 6.43. The number of carbonyl (C=O) groups excluding carboxylic acids is 1. The van der Waals surface area contributed by atoms with Gasteiger partial charge in [-0.1, -0.05) is 23.8 Å². The molecule has 0 radical (unpaired) electrons. The molecule has 2 aromatic rings. The van der Waals surface area contributed by atoms with Crippen molar-refractivity contribution in [2.45, 2.75) is 39.2 Å². The molecule has 0 bridgehead atoms. The zero-order valence-electron chi connectivity index (χ0n) is 17.4. The van der Waals surface area contributed by atoms with Gasteiger partial charge in [0, 0.05) is 0 Å². The zero-order valence-corrected chi connectivity index (χ0v) is 18.2. The lowest BCUT2D eigenvalue weighted by molar-refractivity contribution is -0.120. The molecule has 1 unspecified atom stereocenters. The maximum absolute atomic E-state index is 12.8. The van der Waals surface area contributed by atoms with E-state index in [1.165, 1.54) is 4.31 Å². The van der Waals surface area contributed by atoms with Gasteiger partial charge in [-0.05, 0) is 68.0 Å². The summed E-state index contributed by atoms with van der Waals surface area (Å²) >= 11 is 0. The molecule has 0 aromatic heterocycles. The van der Waals surface area contributed by atoms with Crippen LogP contribution in [0.2, 0.25) is 0 Å². The summed E-state index contributed by atoms with van der Waals surface area (Å²) in [5, 5.41) is 3.03. The predicted molar refractivity (Wildman–Crippen MR) is 115 cm³/mol. The fraction of sp³-hybridized carbons (Fsp3) is 0.409. The highest BCUT2D eigenvalue weighted by Crippen LogP contribution is 2.32. The summed E-state index contributed by atoms with van der Waals surface area (Å²) in [5.74, 6) is 0.484.